The van der Waals surface area contributed by atoms with Gasteiger partial charge >= 0.3 is 11.9 Å². The maximum atomic E-state index is 13.5. The number of esters is 1. The van der Waals surface area contributed by atoms with Crippen LogP contribution in [0.15, 0.2) is 42.0 Å². The van der Waals surface area contributed by atoms with Crippen LogP contribution >= 0.6 is 0 Å². The summed E-state index contributed by atoms with van der Waals surface area (Å²) in [6.07, 6.45) is 2.23. The molecule has 0 aliphatic heterocycles. The van der Waals surface area contributed by atoms with Gasteiger partial charge in [-0.05, 0) is 73.3 Å². The number of nitrogens with one attached hydrogen (secondary N) is 1. The fraction of sp³-hybridized carbons (Fsp3) is 0.618. The molecule has 4 aliphatic carbocycles. The minimum Gasteiger partial charge on any atom is -0.480 e. The average Bonchev–Trinajstić information content (AvgIpc) is 3.28. The molecule has 0 aromatic heterocycles. The maximum Gasteiger partial charge on any atom is 0.329 e. The molecule has 1 aromatic rings. The predicted molar refractivity (Wildman–Crippen MR) is 159 cm³/mol. The first kappa shape index (κ1) is 33.0. The Balaban J connectivity index is 1.17. The molecule has 0 spiro atoms. The lowest BCUT2D eigenvalue weighted by Gasteiger charge is -2.60. The Morgan fingerprint density at radius 1 is 1.04 bits per heavy atom. The van der Waals surface area contributed by atoms with Crippen molar-refractivity contribution in [1.29, 1.82) is 0 Å². The molecular formula is C34H43NO10. The van der Waals surface area contributed by atoms with Crippen LogP contribution in [-0.2, 0) is 28.7 Å². The molecule has 3 saturated carbocycles. The molecule has 5 rings (SSSR count). The van der Waals surface area contributed by atoms with E-state index in [-0.39, 0.29) is 41.8 Å². The Hall–Kier alpha value is -3.41. The number of benzene rings is 1. The minimum atomic E-state index is -1.80. The second-order valence-corrected chi connectivity index (χ2v) is 13.8. The molecule has 5 N–H and O–H groups in total. The van der Waals surface area contributed by atoms with Crippen molar-refractivity contribution in [2.75, 3.05) is 6.61 Å². The van der Waals surface area contributed by atoms with E-state index in [9.17, 15) is 44.4 Å². The number of Topliss-reactive ketones (excluding diaryl/α,β-unsaturated/α-hetero) is 1. The van der Waals surface area contributed by atoms with Gasteiger partial charge in [0.25, 0.3) is 0 Å². The van der Waals surface area contributed by atoms with Gasteiger partial charge in [-0.15, -0.1) is 0 Å². The number of carboxylic acids is 1. The van der Waals surface area contributed by atoms with Crippen molar-refractivity contribution < 1.29 is 49.1 Å². The van der Waals surface area contributed by atoms with Crippen LogP contribution in [0.3, 0.4) is 0 Å². The van der Waals surface area contributed by atoms with Gasteiger partial charge in [-0.25, -0.2) is 4.79 Å². The summed E-state index contributed by atoms with van der Waals surface area (Å²) < 4.78 is 5.16. The number of allylic oxidation sites excluding steroid dienone is 1. The van der Waals surface area contributed by atoms with E-state index in [0.29, 0.717) is 24.8 Å². The van der Waals surface area contributed by atoms with Crippen LogP contribution in [0.25, 0.3) is 0 Å². The lowest BCUT2D eigenvalue weighted by molar-refractivity contribution is -0.184. The van der Waals surface area contributed by atoms with Crippen LogP contribution in [0.4, 0.5) is 0 Å². The molecule has 0 radical (unpaired) electrons. The molecule has 11 heteroatoms. The largest absolute Gasteiger partial charge is 0.480 e. The molecule has 9 atom stereocenters. The lowest BCUT2D eigenvalue weighted by atomic mass is 9.45. The zero-order valence-corrected chi connectivity index (χ0v) is 25.7. The third kappa shape index (κ3) is 5.86. The number of carbonyl (C=O) groups is 5. The van der Waals surface area contributed by atoms with Gasteiger partial charge in [-0.1, -0.05) is 49.8 Å². The second-order valence-electron chi connectivity index (χ2n) is 13.8. The first-order chi connectivity index (χ1) is 21.2. The normalized spacial score (nSPS) is 35.1. The number of aliphatic hydroxyl groups is 3. The molecular weight excluding hydrogens is 582 g/mol. The molecule has 11 nitrogen and oxygen atoms in total. The Morgan fingerprint density at radius 2 is 1.76 bits per heavy atom. The maximum absolute atomic E-state index is 13.5. The standard InChI is InChI=1S/C34H43NO10/c1-32-14-12-21(36)16-20(32)8-9-22-23-13-15-34(44,33(23,2)17-24(37)28(22)32)25(38)18-45-27(40)11-10-26(39)35-29(31(42)43)30(41)19-6-4-3-5-7-19/h3-7,16,22-24,28-30,37,41,44H,8-15,17-18H2,1-2H3,(H,35,39)(H,42,43)/t22-,23+,24+,28-,29+,30+,32+,33-,34+/m1/s1. The third-order valence-electron chi connectivity index (χ3n) is 11.5. The number of aliphatic hydroxyl groups excluding tert-OH is 2. The Labute approximate surface area is 262 Å². The highest BCUT2D eigenvalue weighted by molar-refractivity contribution is 5.92. The summed E-state index contributed by atoms with van der Waals surface area (Å²) in [5.74, 6) is -3.66. The van der Waals surface area contributed by atoms with Crippen LogP contribution in [0, 0.1) is 28.6 Å². The van der Waals surface area contributed by atoms with E-state index in [1.807, 2.05) is 6.92 Å². The fourth-order valence-corrected chi connectivity index (χ4v) is 9.07. The van der Waals surface area contributed by atoms with E-state index in [1.54, 1.807) is 24.3 Å². The smallest absolute Gasteiger partial charge is 0.329 e. The zero-order chi connectivity index (χ0) is 32.7. The summed E-state index contributed by atoms with van der Waals surface area (Å²) in [4.78, 5) is 62.2. The number of hydrogen-bond acceptors (Lipinski definition) is 9. The van der Waals surface area contributed by atoms with Crippen molar-refractivity contribution in [2.45, 2.75) is 95.5 Å². The van der Waals surface area contributed by atoms with Gasteiger partial charge < -0.3 is 30.5 Å². The van der Waals surface area contributed by atoms with E-state index in [4.69, 9.17) is 4.74 Å². The Kier molecular flexibility index (Phi) is 9.09. The molecule has 1 aromatic carbocycles. The predicted octanol–water partition coefficient (Wildman–Crippen LogP) is 2.42. The van der Waals surface area contributed by atoms with Gasteiger partial charge in [0.2, 0.25) is 11.7 Å². The van der Waals surface area contributed by atoms with E-state index in [1.165, 1.54) is 12.1 Å². The highest BCUT2D eigenvalue weighted by Crippen LogP contribution is 2.67. The van der Waals surface area contributed by atoms with Crippen LogP contribution < -0.4 is 5.32 Å². The van der Waals surface area contributed by atoms with Crippen LogP contribution in [0.2, 0.25) is 0 Å². The molecule has 0 heterocycles. The summed E-state index contributed by atoms with van der Waals surface area (Å²) in [6.45, 7) is 3.28. The fourth-order valence-electron chi connectivity index (χ4n) is 9.07. The van der Waals surface area contributed by atoms with Crippen molar-refractivity contribution in [3.8, 4) is 0 Å². The topological polar surface area (TPSA) is 188 Å². The van der Waals surface area contributed by atoms with Crippen molar-refractivity contribution in [3.05, 3.63) is 47.5 Å². The van der Waals surface area contributed by atoms with Gasteiger partial charge in [-0.3, -0.25) is 19.2 Å². The number of fused-ring (bicyclic) bond motifs is 5. The number of ketones is 2. The number of ether oxygens (including phenoxy) is 1. The van der Waals surface area contributed by atoms with E-state index >= 15 is 0 Å². The van der Waals surface area contributed by atoms with E-state index < -0.39 is 72.3 Å². The number of hydrogen-bond donors (Lipinski definition) is 5. The Bertz CT molecular complexity index is 1390. The van der Waals surface area contributed by atoms with Gasteiger partial charge in [0, 0.05) is 18.3 Å². The number of aliphatic carboxylic acids is 1. The third-order valence-corrected chi connectivity index (χ3v) is 11.5. The zero-order valence-electron chi connectivity index (χ0n) is 25.7. The van der Waals surface area contributed by atoms with Gasteiger partial charge in [0.05, 0.1) is 12.5 Å². The number of amides is 1. The molecule has 0 bridgehead atoms. The molecule has 0 saturated heterocycles. The highest BCUT2D eigenvalue weighted by atomic mass is 16.5. The van der Waals surface area contributed by atoms with Gasteiger partial charge in [0.1, 0.15) is 11.7 Å². The number of carbonyl (C=O) groups excluding carboxylic acids is 4. The van der Waals surface area contributed by atoms with Crippen molar-refractivity contribution >= 4 is 29.4 Å². The molecule has 45 heavy (non-hydrogen) atoms. The molecule has 0 unspecified atom stereocenters. The van der Waals surface area contributed by atoms with Crippen LogP contribution in [0.1, 0.15) is 83.3 Å². The van der Waals surface area contributed by atoms with Crippen LogP contribution in [-0.4, -0.2) is 74.2 Å². The number of carboxylic acid groups (broad SMARTS) is 1. The minimum absolute atomic E-state index is 0.0244. The lowest BCUT2D eigenvalue weighted by Crippen LogP contribution is -2.62. The molecule has 244 valence electrons. The monoisotopic (exact) mass is 625 g/mol. The summed E-state index contributed by atoms with van der Waals surface area (Å²) >= 11 is 0. The summed E-state index contributed by atoms with van der Waals surface area (Å²) in [5.41, 5.74) is -1.63. The molecule has 4 aliphatic rings. The summed E-state index contributed by atoms with van der Waals surface area (Å²) in [5, 5.41) is 45.5. The second kappa shape index (κ2) is 12.4. The van der Waals surface area contributed by atoms with Crippen molar-refractivity contribution in [1.82, 2.24) is 5.32 Å². The number of rotatable bonds is 10. The summed E-state index contributed by atoms with van der Waals surface area (Å²) in [6, 6.07) is 6.35. The first-order valence-electron chi connectivity index (χ1n) is 15.8. The molecule has 3 fully saturated rings. The van der Waals surface area contributed by atoms with Crippen molar-refractivity contribution in [2.24, 2.45) is 28.6 Å². The molecule has 1 amide bonds. The average molecular weight is 626 g/mol. The van der Waals surface area contributed by atoms with E-state index in [0.717, 1.165) is 18.4 Å². The van der Waals surface area contributed by atoms with Gasteiger partial charge in [-0.2, -0.15) is 0 Å². The first-order valence-corrected chi connectivity index (χ1v) is 15.8. The van der Waals surface area contributed by atoms with Crippen LogP contribution in [0.5, 0.6) is 0 Å². The highest BCUT2D eigenvalue weighted by Gasteiger charge is 2.68. The summed E-state index contributed by atoms with van der Waals surface area (Å²) in [7, 11) is 0. The Morgan fingerprint density at radius 3 is 2.44 bits per heavy atom. The van der Waals surface area contributed by atoms with Gasteiger partial charge in [0.15, 0.2) is 18.4 Å². The van der Waals surface area contributed by atoms with E-state index in [2.05, 4.69) is 12.2 Å². The SMILES string of the molecule is C[C@]12CCC(=O)C=C1CC[C@H]1[C@@H]2[C@@H](O)C[C@]2(C)[C@H]1CC[C@]2(O)C(=O)COC(=O)CCC(=O)N[C@H](C(=O)O)[C@@H](O)c1ccccc1. The van der Waals surface area contributed by atoms with Crippen molar-refractivity contribution in [3.63, 3.8) is 0 Å². The quantitative estimate of drug-likeness (QED) is 0.242.